The molecular weight excluding hydrogens is 592 g/mol. The summed E-state index contributed by atoms with van der Waals surface area (Å²) in [5.41, 5.74) is 2.80. The van der Waals surface area contributed by atoms with Gasteiger partial charge in [0, 0.05) is 0 Å². The van der Waals surface area contributed by atoms with E-state index in [1.165, 1.54) is 46.8 Å². The molecule has 6 nitrogen and oxygen atoms in total. The monoisotopic (exact) mass is 610 g/mol. The normalized spacial score (nSPS) is 13.2. The van der Waals surface area contributed by atoms with Gasteiger partial charge < -0.3 is 0 Å². The maximum atomic E-state index is 13.4. The van der Waals surface area contributed by atoms with Crippen LogP contribution in [0.2, 0.25) is 5.02 Å². The van der Waals surface area contributed by atoms with E-state index < -0.39 is 37.6 Å². The predicted octanol–water partition coefficient (Wildman–Crippen LogP) is 4.77. The van der Waals surface area contributed by atoms with Crippen molar-refractivity contribution in [1.29, 1.82) is 0 Å². The van der Waals surface area contributed by atoms with Crippen LogP contribution in [0.1, 0.15) is 26.3 Å². The van der Waals surface area contributed by atoms with Gasteiger partial charge in [0.05, 0.1) is 0 Å². The SMILES string of the molecule is O=C([As]c1ccc(-c2ccc(F)cc2)cc1C(=O)O)c1cccc(S(=O)(=O)N2CCc3cc(Cl)ccc32)c1. The summed E-state index contributed by atoms with van der Waals surface area (Å²) in [6, 6.07) is 21.3. The molecule has 0 aromatic heterocycles. The number of nitrogens with zero attached hydrogens (tertiary/aromatic N) is 1. The Bertz CT molecular complexity index is 1690. The average Bonchev–Trinajstić information content (AvgIpc) is 3.33. The first kappa shape index (κ1) is 26.2. The molecule has 38 heavy (non-hydrogen) atoms. The Balaban J connectivity index is 1.42. The predicted molar refractivity (Wildman–Crippen MR) is 145 cm³/mol. The van der Waals surface area contributed by atoms with Crippen molar-refractivity contribution in [2.45, 2.75) is 11.3 Å². The van der Waals surface area contributed by atoms with Crippen LogP contribution in [0.4, 0.5) is 10.1 Å². The van der Waals surface area contributed by atoms with E-state index in [1.54, 1.807) is 42.5 Å². The molecule has 0 amide bonds. The van der Waals surface area contributed by atoms with E-state index >= 15 is 0 Å². The molecule has 0 atom stereocenters. The van der Waals surface area contributed by atoms with E-state index in [2.05, 4.69) is 0 Å². The molecule has 5 rings (SSSR count). The van der Waals surface area contributed by atoms with Gasteiger partial charge in [-0.2, -0.15) is 0 Å². The Morgan fingerprint density at radius 1 is 0.921 bits per heavy atom. The summed E-state index contributed by atoms with van der Waals surface area (Å²) in [6.07, 6.45) is 0.532. The zero-order valence-electron chi connectivity index (χ0n) is 19.6. The molecule has 0 saturated heterocycles. The molecule has 4 aromatic rings. The number of carbonyl (C=O) groups is 2. The molecule has 1 N–H and O–H groups in total. The number of anilines is 1. The number of sulfonamides is 1. The topological polar surface area (TPSA) is 91.7 Å². The summed E-state index contributed by atoms with van der Waals surface area (Å²) in [5.74, 6) is -1.58. The van der Waals surface area contributed by atoms with Crippen LogP contribution in [0.25, 0.3) is 11.1 Å². The fourth-order valence-corrected chi connectivity index (χ4v) is 7.97. The van der Waals surface area contributed by atoms with E-state index in [0.29, 0.717) is 32.6 Å². The third-order valence-corrected chi connectivity index (χ3v) is 10.5. The first-order valence-electron chi connectivity index (χ1n) is 11.4. The van der Waals surface area contributed by atoms with Crippen molar-refractivity contribution in [2.75, 3.05) is 10.8 Å². The third kappa shape index (κ3) is 5.12. The molecule has 4 aromatic carbocycles. The summed E-state index contributed by atoms with van der Waals surface area (Å²) in [6.45, 7) is 0.268. The standard InChI is InChI=1S/C28H19AsClFNO5S/c30-21-7-11-26-19(14-21)12-13-32(26)38(36,37)23-3-1-2-20(15-23)27(33)29-25-10-6-18(16-24(25)28(34)35)17-4-8-22(31)9-5-17/h1-11,14-16H,12-13H2,(H,34,35). The number of carboxylic acids is 1. The van der Waals surface area contributed by atoms with Crippen molar-refractivity contribution in [3.8, 4) is 11.1 Å². The zero-order valence-corrected chi connectivity index (χ0v) is 23.1. The molecule has 0 unspecified atom stereocenters. The third-order valence-electron chi connectivity index (χ3n) is 6.19. The van der Waals surface area contributed by atoms with Crippen LogP contribution in [-0.4, -0.2) is 46.4 Å². The summed E-state index contributed by atoms with van der Waals surface area (Å²) in [5, 5.41) is 10.3. The van der Waals surface area contributed by atoms with Gasteiger partial charge in [0.15, 0.2) is 0 Å². The second-order valence-electron chi connectivity index (χ2n) is 8.59. The van der Waals surface area contributed by atoms with Crippen LogP contribution in [0, 0.1) is 5.82 Å². The van der Waals surface area contributed by atoms with Crippen molar-refractivity contribution in [3.63, 3.8) is 0 Å². The van der Waals surface area contributed by atoms with E-state index in [0.717, 1.165) is 5.56 Å². The van der Waals surface area contributed by atoms with Gasteiger partial charge in [-0.15, -0.1) is 0 Å². The Hall–Kier alpha value is -3.45. The van der Waals surface area contributed by atoms with Crippen LogP contribution in [0.5, 0.6) is 0 Å². The molecule has 1 aliphatic heterocycles. The van der Waals surface area contributed by atoms with Crippen LogP contribution < -0.4 is 8.66 Å². The molecule has 1 aliphatic rings. The Morgan fingerprint density at radius 2 is 1.66 bits per heavy atom. The van der Waals surface area contributed by atoms with Gasteiger partial charge >= 0.3 is 231 Å². The second-order valence-corrected chi connectivity index (χ2v) is 13.2. The molecular formula is C28H19AsClFNO5S. The maximum absolute atomic E-state index is 13.4. The Kier molecular flexibility index (Phi) is 7.14. The molecule has 0 saturated carbocycles. The van der Waals surface area contributed by atoms with E-state index in [1.807, 2.05) is 0 Å². The van der Waals surface area contributed by atoms with Crippen molar-refractivity contribution >= 4 is 58.0 Å². The molecule has 1 heterocycles. The molecule has 0 spiro atoms. The van der Waals surface area contributed by atoms with E-state index in [4.69, 9.17) is 11.6 Å². The van der Waals surface area contributed by atoms with Crippen molar-refractivity contribution in [2.24, 2.45) is 0 Å². The summed E-state index contributed by atoms with van der Waals surface area (Å²) in [7, 11) is -3.93. The van der Waals surface area contributed by atoms with Crippen molar-refractivity contribution in [1.82, 2.24) is 0 Å². The van der Waals surface area contributed by atoms with Gasteiger partial charge in [-0.05, 0) is 0 Å². The number of hydrogen-bond donors (Lipinski definition) is 1. The van der Waals surface area contributed by atoms with Crippen molar-refractivity contribution in [3.05, 3.63) is 112 Å². The number of fused-ring (bicyclic) bond motifs is 1. The number of rotatable bonds is 7. The van der Waals surface area contributed by atoms with E-state index in [-0.39, 0.29) is 27.1 Å². The molecule has 0 bridgehead atoms. The van der Waals surface area contributed by atoms with Crippen LogP contribution in [0.15, 0.2) is 89.8 Å². The first-order valence-corrected chi connectivity index (χ1v) is 15.1. The van der Waals surface area contributed by atoms with Crippen LogP contribution in [-0.2, 0) is 16.4 Å². The number of hydrogen-bond acceptors (Lipinski definition) is 4. The van der Waals surface area contributed by atoms with Gasteiger partial charge in [0.1, 0.15) is 0 Å². The Morgan fingerprint density at radius 3 is 2.39 bits per heavy atom. The minimum absolute atomic E-state index is 0.0162. The fourth-order valence-electron chi connectivity index (χ4n) is 4.31. The molecule has 1 radical (unpaired) electrons. The van der Waals surface area contributed by atoms with Crippen LogP contribution in [0.3, 0.4) is 0 Å². The average molecular weight is 611 g/mol. The number of carboxylic acid groups (broad SMARTS) is 1. The van der Waals surface area contributed by atoms with Gasteiger partial charge in [-0.3, -0.25) is 0 Å². The number of carbonyl (C=O) groups excluding carboxylic acids is 1. The molecule has 191 valence electrons. The minimum atomic E-state index is -3.93. The first-order chi connectivity index (χ1) is 18.1. The van der Waals surface area contributed by atoms with Gasteiger partial charge in [-0.25, -0.2) is 0 Å². The summed E-state index contributed by atoms with van der Waals surface area (Å²) >= 11 is 4.76. The number of benzene rings is 4. The quantitative estimate of drug-likeness (QED) is 0.305. The number of aromatic carboxylic acids is 1. The molecule has 0 aliphatic carbocycles. The van der Waals surface area contributed by atoms with Gasteiger partial charge in [0.2, 0.25) is 0 Å². The Labute approximate surface area is 230 Å². The van der Waals surface area contributed by atoms with Gasteiger partial charge in [-0.1, -0.05) is 0 Å². The van der Waals surface area contributed by atoms with Gasteiger partial charge in [0.25, 0.3) is 0 Å². The van der Waals surface area contributed by atoms with E-state index in [9.17, 15) is 27.5 Å². The van der Waals surface area contributed by atoms with Crippen LogP contribution >= 0.6 is 11.6 Å². The summed E-state index contributed by atoms with van der Waals surface area (Å²) < 4.78 is 41.5. The van der Waals surface area contributed by atoms with Crippen molar-refractivity contribution < 1.29 is 27.5 Å². The molecule has 0 fully saturated rings. The fraction of sp³-hybridized carbons (Fsp3) is 0.0714. The molecule has 10 heteroatoms. The second kappa shape index (κ2) is 10.4. The summed E-state index contributed by atoms with van der Waals surface area (Å²) in [4.78, 5) is 25.2. The number of halogens is 2. The zero-order chi connectivity index (χ0) is 27.0.